The number of rotatable bonds is 7. The highest BCUT2D eigenvalue weighted by molar-refractivity contribution is 5.78. The van der Waals surface area contributed by atoms with Gasteiger partial charge in [0.1, 0.15) is 0 Å². The molecule has 0 atom stereocenters. The van der Waals surface area contributed by atoms with Gasteiger partial charge in [-0.3, -0.25) is 9.69 Å². The summed E-state index contributed by atoms with van der Waals surface area (Å²) < 4.78 is 4.95. The van der Waals surface area contributed by atoms with Gasteiger partial charge in [-0.2, -0.15) is 0 Å². The average Bonchev–Trinajstić information content (AvgIpc) is 2.52. The van der Waals surface area contributed by atoms with Crippen LogP contribution in [0.1, 0.15) is 11.1 Å². The van der Waals surface area contributed by atoms with E-state index in [-0.39, 0.29) is 5.91 Å². The minimum absolute atomic E-state index is 0.186. The summed E-state index contributed by atoms with van der Waals surface area (Å²) in [6.07, 6.45) is 0. The lowest BCUT2D eigenvalue weighted by molar-refractivity contribution is -0.132. The first kappa shape index (κ1) is 16.9. The van der Waals surface area contributed by atoms with Crippen LogP contribution in [-0.2, 0) is 16.1 Å². The summed E-state index contributed by atoms with van der Waals surface area (Å²) in [6, 6.07) is 8.63. The highest BCUT2D eigenvalue weighted by atomic mass is 16.5. The van der Waals surface area contributed by atoms with Crippen LogP contribution >= 0.6 is 0 Å². The van der Waals surface area contributed by atoms with E-state index in [9.17, 15) is 4.79 Å². The molecule has 1 heterocycles. The van der Waals surface area contributed by atoms with Gasteiger partial charge in [0.05, 0.1) is 13.2 Å². The fourth-order valence-electron chi connectivity index (χ4n) is 2.71. The van der Waals surface area contributed by atoms with Crippen molar-refractivity contribution in [2.45, 2.75) is 13.5 Å². The molecule has 0 spiro atoms. The molecule has 1 saturated heterocycles. The van der Waals surface area contributed by atoms with Crippen molar-refractivity contribution in [3.8, 4) is 0 Å². The number of hydrogen-bond acceptors (Lipinski definition) is 4. The first-order chi connectivity index (χ1) is 10.7. The predicted octanol–water partition coefficient (Wildman–Crippen LogP) is 0.875. The molecule has 1 aliphatic heterocycles. The quantitative estimate of drug-likeness (QED) is 0.760. The van der Waals surface area contributed by atoms with E-state index in [1.807, 2.05) is 4.90 Å². The molecule has 5 heteroatoms. The number of amides is 1. The molecule has 0 unspecified atom stereocenters. The van der Waals surface area contributed by atoms with Gasteiger partial charge < -0.3 is 15.0 Å². The van der Waals surface area contributed by atoms with E-state index in [2.05, 4.69) is 41.4 Å². The summed E-state index contributed by atoms with van der Waals surface area (Å²) in [5.41, 5.74) is 2.65. The van der Waals surface area contributed by atoms with E-state index in [1.165, 1.54) is 11.1 Å². The average molecular weight is 305 g/mol. The van der Waals surface area contributed by atoms with Crippen LogP contribution in [-0.4, -0.2) is 68.7 Å². The zero-order valence-corrected chi connectivity index (χ0v) is 13.7. The molecule has 5 nitrogen and oxygen atoms in total. The maximum Gasteiger partial charge on any atom is 0.236 e. The summed E-state index contributed by atoms with van der Waals surface area (Å²) in [5.74, 6) is 0.186. The minimum atomic E-state index is 0.186. The predicted molar refractivity (Wildman–Crippen MR) is 87.8 cm³/mol. The first-order valence-corrected chi connectivity index (χ1v) is 7.94. The van der Waals surface area contributed by atoms with E-state index in [0.29, 0.717) is 13.2 Å². The molecule has 2 rings (SSSR count). The van der Waals surface area contributed by atoms with Crippen molar-refractivity contribution in [1.29, 1.82) is 0 Å². The largest absolute Gasteiger partial charge is 0.383 e. The fraction of sp³-hybridized carbons (Fsp3) is 0.588. The lowest BCUT2D eigenvalue weighted by atomic mass is 10.1. The number of carbonyl (C=O) groups excluding carboxylic acids is 1. The molecule has 0 aliphatic carbocycles. The SMILES string of the molecule is COCCNCC(=O)N1CCN(Cc2cccc(C)c2)CC1. The Hall–Kier alpha value is -1.43. The molecular weight excluding hydrogens is 278 g/mol. The topological polar surface area (TPSA) is 44.8 Å². The van der Waals surface area contributed by atoms with E-state index < -0.39 is 0 Å². The van der Waals surface area contributed by atoms with Crippen LogP contribution in [0.5, 0.6) is 0 Å². The molecule has 0 aromatic heterocycles. The van der Waals surface area contributed by atoms with Crippen LogP contribution < -0.4 is 5.32 Å². The van der Waals surface area contributed by atoms with E-state index in [1.54, 1.807) is 7.11 Å². The Morgan fingerprint density at radius 2 is 2.05 bits per heavy atom. The van der Waals surface area contributed by atoms with Gasteiger partial charge in [-0.1, -0.05) is 29.8 Å². The summed E-state index contributed by atoms with van der Waals surface area (Å²) in [4.78, 5) is 16.4. The third-order valence-electron chi connectivity index (χ3n) is 3.97. The Morgan fingerprint density at radius 1 is 1.27 bits per heavy atom. The Bertz CT molecular complexity index is 471. The normalized spacial score (nSPS) is 16.0. The van der Waals surface area contributed by atoms with Crippen molar-refractivity contribution >= 4 is 5.91 Å². The molecule has 22 heavy (non-hydrogen) atoms. The lowest BCUT2D eigenvalue weighted by Crippen LogP contribution is -2.50. The standard InChI is InChI=1S/C17H27N3O2/c1-15-4-3-5-16(12-15)14-19-7-9-20(10-8-19)17(21)13-18-6-11-22-2/h3-5,12,18H,6-11,13-14H2,1-2H3. The Kier molecular flexibility index (Phi) is 6.83. The van der Waals surface area contributed by atoms with Crippen LogP contribution in [0.3, 0.4) is 0 Å². The fourth-order valence-corrected chi connectivity index (χ4v) is 2.71. The van der Waals surface area contributed by atoms with Crippen molar-refractivity contribution < 1.29 is 9.53 Å². The van der Waals surface area contributed by atoms with Crippen molar-refractivity contribution in [3.05, 3.63) is 35.4 Å². The summed E-state index contributed by atoms with van der Waals surface area (Å²) in [7, 11) is 1.66. The third-order valence-corrected chi connectivity index (χ3v) is 3.97. The smallest absolute Gasteiger partial charge is 0.236 e. The molecule has 1 aromatic carbocycles. The summed E-state index contributed by atoms with van der Waals surface area (Å²) >= 11 is 0. The number of carbonyl (C=O) groups is 1. The van der Waals surface area contributed by atoms with Crippen LogP contribution in [0.25, 0.3) is 0 Å². The van der Waals surface area contributed by atoms with E-state index in [0.717, 1.165) is 39.3 Å². The second kappa shape index (κ2) is 8.88. The zero-order chi connectivity index (χ0) is 15.8. The maximum atomic E-state index is 12.1. The van der Waals surface area contributed by atoms with Crippen molar-refractivity contribution in [3.63, 3.8) is 0 Å². The van der Waals surface area contributed by atoms with Gasteiger partial charge in [-0.15, -0.1) is 0 Å². The number of hydrogen-bond donors (Lipinski definition) is 1. The number of piperazine rings is 1. The van der Waals surface area contributed by atoms with Crippen LogP contribution in [0.2, 0.25) is 0 Å². The van der Waals surface area contributed by atoms with Crippen molar-refractivity contribution in [2.24, 2.45) is 0 Å². The van der Waals surface area contributed by atoms with Gasteiger partial charge in [0.2, 0.25) is 5.91 Å². The Labute approximate surface area is 133 Å². The summed E-state index contributed by atoms with van der Waals surface area (Å²) in [6.45, 7) is 8.36. The van der Waals surface area contributed by atoms with Gasteiger partial charge in [0.15, 0.2) is 0 Å². The number of methoxy groups -OCH3 is 1. The van der Waals surface area contributed by atoms with Gasteiger partial charge in [0.25, 0.3) is 0 Å². The monoisotopic (exact) mass is 305 g/mol. The second-order valence-electron chi connectivity index (χ2n) is 5.82. The number of benzene rings is 1. The van der Waals surface area contributed by atoms with E-state index in [4.69, 9.17) is 4.74 Å². The second-order valence-corrected chi connectivity index (χ2v) is 5.82. The highest BCUT2D eigenvalue weighted by Gasteiger charge is 2.20. The number of ether oxygens (including phenoxy) is 1. The van der Waals surface area contributed by atoms with Crippen molar-refractivity contribution in [2.75, 3.05) is 53.0 Å². The highest BCUT2D eigenvalue weighted by Crippen LogP contribution is 2.10. The molecule has 1 aliphatic rings. The van der Waals surface area contributed by atoms with E-state index >= 15 is 0 Å². The number of nitrogens with zero attached hydrogens (tertiary/aromatic N) is 2. The van der Waals surface area contributed by atoms with Crippen molar-refractivity contribution in [1.82, 2.24) is 15.1 Å². The van der Waals surface area contributed by atoms with Gasteiger partial charge in [-0.25, -0.2) is 0 Å². The molecular formula is C17H27N3O2. The molecule has 0 radical (unpaired) electrons. The van der Waals surface area contributed by atoms with Gasteiger partial charge in [0, 0.05) is 46.4 Å². The molecule has 1 fully saturated rings. The zero-order valence-electron chi connectivity index (χ0n) is 13.7. The molecule has 1 amide bonds. The maximum absolute atomic E-state index is 12.1. The number of nitrogens with one attached hydrogen (secondary N) is 1. The summed E-state index contributed by atoms with van der Waals surface area (Å²) in [5, 5.41) is 3.11. The van der Waals surface area contributed by atoms with Crippen LogP contribution in [0, 0.1) is 6.92 Å². The van der Waals surface area contributed by atoms with Crippen LogP contribution in [0.4, 0.5) is 0 Å². The minimum Gasteiger partial charge on any atom is -0.383 e. The Morgan fingerprint density at radius 3 is 2.73 bits per heavy atom. The van der Waals surface area contributed by atoms with Gasteiger partial charge in [-0.05, 0) is 12.5 Å². The molecule has 0 bridgehead atoms. The first-order valence-electron chi connectivity index (χ1n) is 7.94. The van der Waals surface area contributed by atoms with Crippen LogP contribution in [0.15, 0.2) is 24.3 Å². The molecule has 1 aromatic rings. The number of aryl methyl sites for hydroxylation is 1. The third kappa shape index (κ3) is 5.40. The Balaban J connectivity index is 1.70. The lowest BCUT2D eigenvalue weighted by Gasteiger charge is -2.35. The molecule has 122 valence electrons. The van der Waals surface area contributed by atoms with Gasteiger partial charge >= 0.3 is 0 Å². The molecule has 0 saturated carbocycles. The molecule has 1 N–H and O–H groups in total.